The van der Waals surface area contributed by atoms with Gasteiger partial charge < -0.3 is 5.32 Å². The monoisotopic (exact) mass is 284 g/mol. The quantitative estimate of drug-likeness (QED) is 0.923. The van der Waals surface area contributed by atoms with Crippen LogP contribution in [-0.2, 0) is 12.8 Å². The second-order valence-electron chi connectivity index (χ2n) is 5.90. The van der Waals surface area contributed by atoms with Gasteiger partial charge in [0, 0.05) is 4.88 Å². The van der Waals surface area contributed by atoms with Crippen molar-refractivity contribution >= 4 is 11.3 Å². The first-order chi connectivity index (χ1) is 9.86. The van der Waals surface area contributed by atoms with Crippen LogP contribution in [-0.4, -0.2) is 12.0 Å². The van der Waals surface area contributed by atoms with E-state index in [9.17, 15) is 0 Å². The van der Waals surface area contributed by atoms with Crippen molar-refractivity contribution in [2.24, 2.45) is 0 Å². The van der Waals surface area contributed by atoms with E-state index in [2.05, 4.69) is 36.6 Å². The van der Waals surface area contributed by atoms with Crippen LogP contribution in [0.25, 0.3) is 0 Å². The maximum absolute atomic E-state index is 4.92. The van der Waals surface area contributed by atoms with Gasteiger partial charge in [-0.05, 0) is 56.2 Å². The standard InChI is InChI=1S/C17H20N2S/c1-18-16(17-19-14-7-4-8-15(14)20-17)13-6-3-2-5-12(13)11-9-10-11/h2-3,5-6,11,16,18H,4,7-10H2,1H3. The third kappa shape index (κ3) is 2.09. The molecule has 1 N–H and O–H groups in total. The molecular formula is C17H20N2S. The van der Waals surface area contributed by atoms with Crippen molar-refractivity contribution in [1.82, 2.24) is 10.3 Å². The van der Waals surface area contributed by atoms with E-state index in [1.165, 1.54) is 58.8 Å². The first-order valence-corrected chi connectivity index (χ1v) is 8.43. The molecule has 1 heterocycles. The van der Waals surface area contributed by atoms with Crippen molar-refractivity contribution in [3.8, 4) is 0 Å². The van der Waals surface area contributed by atoms with Crippen LogP contribution in [0.4, 0.5) is 0 Å². The Labute approximate surface area is 124 Å². The SMILES string of the molecule is CNC(c1nc2c(s1)CCC2)c1ccccc1C1CC1. The molecule has 1 aromatic heterocycles. The smallest absolute Gasteiger partial charge is 0.115 e. The summed E-state index contributed by atoms with van der Waals surface area (Å²) in [7, 11) is 2.06. The van der Waals surface area contributed by atoms with Gasteiger partial charge in [-0.25, -0.2) is 4.98 Å². The number of rotatable bonds is 4. The van der Waals surface area contributed by atoms with Crippen molar-refractivity contribution in [2.75, 3.05) is 7.05 Å². The summed E-state index contributed by atoms with van der Waals surface area (Å²) in [6, 6.07) is 9.18. The van der Waals surface area contributed by atoms with Gasteiger partial charge in [0.1, 0.15) is 5.01 Å². The number of benzene rings is 1. The molecule has 1 atom stereocenters. The fraction of sp³-hybridized carbons (Fsp3) is 0.471. The molecule has 104 valence electrons. The first-order valence-electron chi connectivity index (χ1n) is 7.61. The lowest BCUT2D eigenvalue weighted by Crippen LogP contribution is -2.19. The Morgan fingerprint density at radius 1 is 1.25 bits per heavy atom. The van der Waals surface area contributed by atoms with Crippen LogP contribution in [0.1, 0.15) is 57.9 Å². The fourth-order valence-corrected chi connectivity index (χ4v) is 4.57. The Morgan fingerprint density at radius 2 is 2.10 bits per heavy atom. The number of aryl methyl sites for hydroxylation is 2. The van der Waals surface area contributed by atoms with Crippen molar-refractivity contribution < 1.29 is 0 Å². The van der Waals surface area contributed by atoms with Gasteiger partial charge in [0.25, 0.3) is 0 Å². The van der Waals surface area contributed by atoms with Crippen molar-refractivity contribution in [1.29, 1.82) is 0 Å². The van der Waals surface area contributed by atoms with Crippen LogP contribution in [0.5, 0.6) is 0 Å². The second kappa shape index (κ2) is 4.97. The normalized spacial score (nSPS) is 19.1. The predicted octanol–water partition coefficient (Wildman–Crippen LogP) is 3.82. The summed E-state index contributed by atoms with van der Waals surface area (Å²) in [6.45, 7) is 0. The summed E-state index contributed by atoms with van der Waals surface area (Å²) in [5.41, 5.74) is 4.32. The topological polar surface area (TPSA) is 24.9 Å². The molecule has 2 nitrogen and oxygen atoms in total. The molecule has 1 fully saturated rings. The zero-order valence-electron chi connectivity index (χ0n) is 11.9. The Balaban J connectivity index is 1.74. The fourth-order valence-electron chi connectivity index (χ4n) is 3.29. The van der Waals surface area contributed by atoms with Crippen molar-refractivity contribution in [3.05, 3.63) is 51.0 Å². The lowest BCUT2D eigenvalue weighted by molar-refractivity contribution is 0.675. The molecule has 0 amide bonds. The van der Waals surface area contributed by atoms with Crippen molar-refractivity contribution in [2.45, 2.75) is 44.1 Å². The lowest BCUT2D eigenvalue weighted by atomic mass is 9.97. The number of nitrogens with zero attached hydrogens (tertiary/aromatic N) is 1. The highest BCUT2D eigenvalue weighted by Gasteiger charge is 2.30. The van der Waals surface area contributed by atoms with E-state index in [1.54, 1.807) is 0 Å². The van der Waals surface area contributed by atoms with Crippen LogP contribution in [0.15, 0.2) is 24.3 Å². The molecular weight excluding hydrogens is 264 g/mol. The van der Waals surface area contributed by atoms with Crippen LogP contribution < -0.4 is 5.32 Å². The Kier molecular flexibility index (Phi) is 3.12. The Bertz CT molecular complexity index is 606. The molecule has 4 rings (SSSR count). The third-order valence-corrected chi connectivity index (χ3v) is 5.69. The molecule has 2 aliphatic rings. The summed E-state index contributed by atoms with van der Waals surface area (Å²) in [5, 5.41) is 4.75. The molecule has 20 heavy (non-hydrogen) atoms. The second-order valence-corrected chi connectivity index (χ2v) is 7.02. The summed E-state index contributed by atoms with van der Waals surface area (Å²) in [4.78, 5) is 6.43. The van der Waals surface area contributed by atoms with Gasteiger partial charge in [-0.1, -0.05) is 24.3 Å². The molecule has 1 unspecified atom stereocenters. The summed E-state index contributed by atoms with van der Waals surface area (Å²) in [5.74, 6) is 0.786. The molecule has 0 saturated heterocycles. The summed E-state index contributed by atoms with van der Waals surface area (Å²) >= 11 is 1.92. The molecule has 0 spiro atoms. The minimum Gasteiger partial charge on any atom is -0.307 e. The minimum atomic E-state index is 0.266. The Hall–Kier alpha value is -1.19. The van der Waals surface area contributed by atoms with E-state index >= 15 is 0 Å². The highest BCUT2D eigenvalue weighted by molar-refractivity contribution is 7.11. The number of aromatic nitrogens is 1. The number of hydrogen-bond acceptors (Lipinski definition) is 3. The molecule has 0 bridgehead atoms. The molecule has 0 radical (unpaired) electrons. The van der Waals surface area contributed by atoms with Gasteiger partial charge in [0.2, 0.25) is 0 Å². The lowest BCUT2D eigenvalue weighted by Gasteiger charge is -2.18. The van der Waals surface area contributed by atoms with E-state index in [-0.39, 0.29) is 6.04 Å². The van der Waals surface area contributed by atoms with Gasteiger partial charge in [0.05, 0.1) is 11.7 Å². The number of nitrogens with one attached hydrogen (secondary N) is 1. The highest BCUT2D eigenvalue weighted by Crippen LogP contribution is 2.44. The predicted molar refractivity (Wildman–Crippen MR) is 83.5 cm³/mol. The van der Waals surface area contributed by atoms with E-state index in [1.807, 2.05) is 11.3 Å². The molecule has 1 aromatic carbocycles. The number of hydrogen-bond donors (Lipinski definition) is 1. The van der Waals surface area contributed by atoms with Gasteiger partial charge in [-0.2, -0.15) is 0 Å². The maximum Gasteiger partial charge on any atom is 0.115 e. The van der Waals surface area contributed by atoms with E-state index in [0.29, 0.717) is 0 Å². The maximum atomic E-state index is 4.92. The number of thiazole rings is 1. The molecule has 1 saturated carbocycles. The zero-order chi connectivity index (χ0) is 13.5. The van der Waals surface area contributed by atoms with Crippen LogP contribution in [0, 0.1) is 0 Å². The van der Waals surface area contributed by atoms with Crippen LogP contribution in [0.2, 0.25) is 0 Å². The molecule has 2 aliphatic carbocycles. The van der Waals surface area contributed by atoms with Crippen LogP contribution >= 0.6 is 11.3 Å². The highest BCUT2D eigenvalue weighted by atomic mass is 32.1. The van der Waals surface area contributed by atoms with Gasteiger partial charge in [-0.3, -0.25) is 0 Å². The third-order valence-electron chi connectivity index (χ3n) is 4.47. The van der Waals surface area contributed by atoms with Crippen molar-refractivity contribution in [3.63, 3.8) is 0 Å². The van der Waals surface area contributed by atoms with E-state index in [0.717, 1.165) is 5.92 Å². The van der Waals surface area contributed by atoms with E-state index in [4.69, 9.17) is 4.98 Å². The largest absolute Gasteiger partial charge is 0.307 e. The number of fused-ring (bicyclic) bond motifs is 1. The summed E-state index contributed by atoms with van der Waals surface area (Å²) in [6.07, 6.45) is 6.39. The average molecular weight is 284 g/mol. The first kappa shape index (κ1) is 12.5. The summed E-state index contributed by atoms with van der Waals surface area (Å²) < 4.78 is 0. The van der Waals surface area contributed by atoms with Gasteiger partial charge >= 0.3 is 0 Å². The molecule has 2 aromatic rings. The van der Waals surface area contributed by atoms with Gasteiger partial charge in [0.15, 0.2) is 0 Å². The average Bonchev–Trinajstić information content (AvgIpc) is 3.10. The minimum absolute atomic E-state index is 0.266. The Morgan fingerprint density at radius 3 is 2.85 bits per heavy atom. The zero-order valence-corrected chi connectivity index (χ0v) is 12.7. The van der Waals surface area contributed by atoms with Crippen LogP contribution in [0.3, 0.4) is 0 Å². The van der Waals surface area contributed by atoms with E-state index < -0.39 is 0 Å². The van der Waals surface area contributed by atoms with Gasteiger partial charge in [-0.15, -0.1) is 11.3 Å². The molecule has 0 aliphatic heterocycles. The molecule has 3 heteroatoms.